The number of rotatable bonds is 10. The molecule has 2 bridgehead atoms. The normalized spacial score (nSPS) is 25.4. The molecule has 4 aromatic rings. The van der Waals surface area contributed by atoms with Gasteiger partial charge in [0, 0.05) is 75.2 Å². The highest BCUT2D eigenvalue weighted by Crippen LogP contribution is 2.60. The molecular formula is C33H32N6O5. The first-order valence-corrected chi connectivity index (χ1v) is 14.5. The van der Waals surface area contributed by atoms with Crippen molar-refractivity contribution in [3.8, 4) is 0 Å². The molecule has 0 aliphatic carbocycles. The molecule has 4 atom stereocenters. The number of carbonyl (C=O) groups excluding carboxylic acids is 1. The zero-order valence-electron chi connectivity index (χ0n) is 23.9. The van der Waals surface area contributed by atoms with E-state index < -0.39 is 40.6 Å². The monoisotopic (exact) mass is 592 g/mol. The number of Topliss-reactive ketones (excluding diaryl/α,β-unsaturated/α-hetero) is 1. The summed E-state index contributed by atoms with van der Waals surface area (Å²) < 4.78 is 0. The van der Waals surface area contributed by atoms with Crippen LogP contribution >= 0.6 is 0 Å². The van der Waals surface area contributed by atoms with Crippen LogP contribution in [-0.4, -0.2) is 83.8 Å². The molecule has 0 amide bonds. The van der Waals surface area contributed by atoms with E-state index in [1.807, 2.05) is 29.2 Å². The summed E-state index contributed by atoms with van der Waals surface area (Å²) in [6.45, 7) is 0.162. The molecule has 11 heteroatoms. The number of fused-ring (bicyclic) bond motifs is 2. The van der Waals surface area contributed by atoms with Crippen molar-refractivity contribution in [2.45, 2.75) is 24.9 Å². The lowest BCUT2D eigenvalue weighted by Gasteiger charge is -2.61. The second-order valence-electron chi connectivity index (χ2n) is 11.3. The highest BCUT2D eigenvalue weighted by atomic mass is 16.4. The van der Waals surface area contributed by atoms with Gasteiger partial charge in [0.1, 0.15) is 0 Å². The first-order chi connectivity index (χ1) is 21.4. The predicted molar refractivity (Wildman–Crippen MR) is 158 cm³/mol. The summed E-state index contributed by atoms with van der Waals surface area (Å²) in [7, 11) is 0. The minimum atomic E-state index is -2.13. The smallest absolute Gasteiger partial charge is 0.320 e. The van der Waals surface area contributed by atoms with Crippen LogP contribution in [0.15, 0.2) is 97.6 Å². The van der Waals surface area contributed by atoms with Crippen LogP contribution in [0.2, 0.25) is 0 Å². The fraction of sp³-hybridized carbons (Fsp3) is 0.303. The van der Waals surface area contributed by atoms with E-state index in [4.69, 9.17) is 0 Å². The van der Waals surface area contributed by atoms with Crippen LogP contribution in [0.1, 0.15) is 34.9 Å². The lowest BCUT2D eigenvalue weighted by Crippen LogP contribution is -2.76. The molecule has 11 nitrogen and oxygen atoms in total. The first kappa shape index (κ1) is 29.2. The Hall–Kier alpha value is -4.87. The van der Waals surface area contributed by atoms with Gasteiger partial charge in [-0.2, -0.15) is 0 Å². The number of ketones is 1. The van der Waals surface area contributed by atoms with E-state index in [1.165, 1.54) is 0 Å². The Bertz CT molecular complexity index is 1550. The Morgan fingerprint density at radius 2 is 1.09 bits per heavy atom. The molecule has 2 N–H and O–H groups in total. The van der Waals surface area contributed by atoms with Crippen molar-refractivity contribution < 1.29 is 24.6 Å². The predicted octanol–water partition coefficient (Wildman–Crippen LogP) is 2.88. The number of aliphatic carboxylic acids is 2. The fourth-order valence-corrected chi connectivity index (χ4v) is 6.95. The van der Waals surface area contributed by atoms with E-state index in [2.05, 4.69) is 19.9 Å². The molecule has 6 rings (SSSR count). The molecule has 0 saturated carbocycles. The molecule has 0 spiro atoms. The number of pyridine rings is 4. The van der Waals surface area contributed by atoms with Gasteiger partial charge in [0.2, 0.25) is 0 Å². The van der Waals surface area contributed by atoms with Crippen LogP contribution in [0.5, 0.6) is 0 Å². The molecule has 2 aliphatic heterocycles. The minimum absolute atomic E-state index is 0.181. The van der Waals surface area contributed by atoms with E-state index in [0.29, 0.717) is 30.8 Å². The van der Waals surface area contributed by atoms with Gasteiger partial charge >= 0.3 is 11.9 Å². The van der Waals surface area contributed by atoms with Gasteiger partial charge in [-0.05, 0) is 48.5 Å². The van der Waals surface area contributed by atoms with Gasteiger partial charge in [0.15, 0.2) is 16.6 Å². The fourth-order valence-electron chi connectivity index (χ4n) is 6.95. The average Bonchev–Trinajstić information content (AvgIpc) is 3.05. The lowest BCUT2D eigenvalue weighted by molar-refractivity contribution is -0.203. The number of likely N-dealkylation sites (tertiary alicyclic amines) is 2. The van der Waals surface area contributed by atoms with Crippen LogP contribution in [0.3, 0.4) is 0 Å². The van der Waals surface area contributed by atoms with Gasteiger partial charge < -0.3 is 10.2 Å². The van der Waals surface area contributed by atoms with Gasteiger partial charge in [-0.3, -0.25) is 44.1 Å². The van der Waals surface area contributed by atoms with E-state index in [0.717, 1.165) is 11.4 Å². The van der Waals surface area contributed by atoms with Crippen LogP contribution < -0.4 is 0 Å². The molecule has 2 fully saturated rings. The SMILES string of the molecule is O=C(O)C12CN(CCc3ccccn3)CC(C(=O)O)(C1=O)C(c1ccccn1)N(CCc1ccccn1)C2c1ccccn1. The largest absolute Gasteiger partial charge is 0.480 e. The molecule has 2 aliphatic rings. The minimum Gasteiger partial charge on any atom is -0.480 e. The van der Waals surface area contributed by atoms with Gasteiger partial charge in [0.25, 0.3) is 0 Å². The Morgan fingerprint density at radius 1 is 0.659 bits per heavy atom. The third-order valence-corrected chi connectivity index (χ3v) is 8.81. The maximum atomic E-state index is 14.8. The quantitative estimate of drug-likeness (QED) is 0.262. The summed E-state index contributed by atoms with van der Waals surface area (Å²) in [6.07, 6.45) is 7.30. The Labute approximate surface area is 254 Å². The van der Waals surface area contributed by atoms with Crippen molar-refractivity contribution >= 4 is 17.7 Å². The molecule has 2 saturated heterocycles. The number of nitrogens with zero attached hydrogens (tertiary/aromatic N) is 6. The van der Waals surface area contributed by atoms with Crippen LogP contribution in [0.4, 0.5) is 0 Å². The van der Waals surface area contributed by atoms with Crippen molar-refractivity contribution in [1.29, 1.82) is 0 Å². The van der Waals surface area contributed by atoms with Crippen LogP contribution in [0, 0.1) is 10.8 Å². The number of carbonyl (C=O) groups is 3. The van der Waals surface area contributed by atoms with E-state index in [-0.39, 0.29) is 19.6 Å². The van der Waals surface area contributed by atoms with Crippen molar-refractivity contribution in [2.75, 3.05) is 26.2 Å². The van der Waals surface area contributed by atoms with Gasteiger partial charge in [0.05, 0.1) is 23.5 Å². The van der Waals surface area contributed by atoms with Crippen molar-refractivity contribution in [2.24, 2.45) is 10.8 Å². The standard InChI is InChI=1S/C33H32N6O5/c40-29-32(30(41)42)21-38(19-13-23-9-1-5-15-34-23)22-33(29,31(43)44)28(26-12-4-8-18-37-26)39(20-14-24-10-2-6-16-35-24)27(32)25-11-3-7-17-36-25/h1-12,15-18,27-28H,13-14,19-22H2,(H,41,42)(H,43,44). The maximum Gasteiger partial charge on any atom is 0.320 e. The van der Waals surface area contributed by atoms with Crippen molar-refractivity contribution in [3.63, 3.8) is 0 Å². The average molecular weight is 593 g/mol. The third kappa shape index (κ3) is 4.93. The zero-order valence-corrected chi connectivity index (χ0v) is 23.9. The third-order valence-electron chi connectivity index (χ3n) is 8.81. The molecule has 224 valence electrons. The summed E-state index contributed by atoms with van der Waals surface area (Å²) in [5, 5.41) is 22.1. The number of carboxylic acids is 2. The zero-order chi connectivity index (χ0) is 30.7. The second kappa shape index (κ2) is 12.0. The number of carboxylic acid groups (broad SMARTS) is 2. The summed E-state index contributed by atoms with van der Waals surface area (Å²) in [4.78, 5) is 63.6. The molecule has 4 unspecified atom stereocenters. The number of aromatic nitrogens is 4. The molecule has 4 aromatic heterocycles. The highest BCUT2D eigenvalue weighted by Gasteiger charge is 2.75. The summed E-state index contributed by atoms with van der Waals surface area (Å²) in [6, 6.07) is 19.2. The Kier molecular flexibility index (Phi) is 7.98. The number of hydrogen-bond donors (Lipinski definition) is 2. The summed E-state index contributed by atoms with van der Waals surface area (Å²) in [5.41, 5.74) is -2.00. The molecular weight excluding hydrogens is 560 g/mol. The molecule has 0 aromatic carbocycles. The Balaban J connectivity index is 1.56. The highest BCUT2D eigenvalue weighted by molar-refractivity contribution is 6.17. The van der Waals surface area contributed by atoms with E-state index >= 15 is 0 Å². The van der Waals surface area contributed by atoms with Gasteiger partial charge in [-0.25, -0.2) is 0 Å². The summed E-state index contributed by atoms with van der Waals surface area (Å²) >= 11 is 0. The molecule has 6 heterocycles. The summed E-state index contributed by atoms with van der Waals surface area (Å²) in [5.74, 6) is -3.60. The van der Waals surface area contributed by atoms with E-state index in [9.17, 15) is 24.6 Å². The van der Waals surface area contributed by atoms with Gasteiger partial charge in [-0.1, -0.05) is 24.3 Å². The Morgan fingerprint density at radius 3 is 1.48 bits per heavy atom. The second-order valence-corrected chi connectivity index (χ2v) is 11.3. The molecule has 0 radical (unpaired) electrons. The number of piperidine rings is 2. The van der Waals surface area contributed by atoms with Crippen LogP contribution in [0.25, 0.3) is 0 Å². The van der Waals surface area contributed by atoms with Crippen molar-refractivity contribution in [3.05, 3.63) is 120 Å². The number of hydrogen-bond acceptors (Lipinski definition) is 9. The topological polar surface area (TPSA) is 150 Å². The van der Waals surface area contributed by atoms with Crippen LogP contribution in [-0.2, 0) is 27.2 Å². The van der Waals surface area contributed by atoms with E-state index in [1.54, 1.807) is 78.2 Å². The van der Waals surface area contributed by atoms with Crippen molar-refractivity contribution in [1.82, 2.24) is 29.7 Å². The van der Waals surface area contributed by atoms with Gasteiger partial charge in [-0.15, -0.1) is 0 Å². The first-order valence-electron chi connectivity index (χ1n) is 14.5. The maximum absolute atomic E-state index is 14.8. The molecule has 44 heavy (non-hydrogen) atoms. The lowest BCUT2D eigenvalue weighted by atomic mass is 9.54.